The molecule has 36 heavy (non-hydrogen) atoms. The van der Waals surface area contributed by atoms with Crippen LogP contribution in [0.15, 0.2) is 54.9 Å². The Morgan fingerprint density at radius 2 is 1.94 bits per heavy atom. The molecule has 8 nitrogen and oxygen atoms in total. The number of ether oxygens (including phenoxy) is 1. The Hall–Kier alpha value is -4.20. The van der Waals surface area contributed by atoms with Crippen LogP contribution in [0.5, 0.6) is 5.88 Å². The second-order valence-corrected chi connectivity index (χ2v) is 9.09. The van der Waals surface area contributed by atoms with Gasteiger partial charge >= 0.3 is 0 Å². The van der Waals surface area contributed by atoms with Crippen LogP contribution in [-0.4, -0.2) is 47.3 Å². The summed E-state index contributed by atoms with van der Waals surface area (Å²) in [6.45, 7) is 3.24. The minimum Gasteiger partial charge on any atom is -0.481 e. The monoisotopic (exact) mass is 483 g/mol. The summed E-state index contributed by atoms with van der Waals surface area (Å²) in [5.74, 6) is 1.72. The van der Waals surface area contributed by atoms with Gasteiger partial charge in [0.25, 0.3) is 0 Å². The predicted octanol–water partition coefficient (Wildman–Crippen LogP) is 4.44. The number of aromatic nitrogens is 2. The number of methoxy groups -OCH3 is 1. The van der Waals surface area contributed by atoms with Gasteiger partial charge in [-0.1, -0.05) is 12.1 Å². The molecule has 1 unspecified atom stereocenters. The maximum absolute atomic E-state index is 11.8. The van der Waals surface area contributed by atoms with Crippen LogP contribution in [-0.2, 0) is 9.59 Å². The van der Waals surface area contributed by atoms with E-state index in [1.165, 1.54) is 5.56 Å². The molecular weight excluding hydrogens is 454 g/mol. The van der Waals surface area contributed by atoms with Crippen molar-refractivity contribution in [2.24, 2.45) is 0 Å². The zero-order valence-electron chi connectivity index (χ0n) is 20.4. The molecule has 8 heteroatoms. The van der Waals surface area contributed by atoms with Crippen molar-refractivity contribution in [1.29, 1.82) is 0 Å². The second kappa shape index (κ2) is 10.2. The van der Waals surface area contributed by atoms with Gasteiger partial charge in [0.1, 0.15) is 18.1 Å². The van der Waals surface area contributed by atoms with Gasteiger partial charge in [-0.25, -0.2) is 9.97 Å². The Bertz CT molecular complexity index is 1300. The summed E-state index contributed by atoms with van der Waals surface area (Å²) in [6.07, 6.45) is 8.25. The molecule has 1 fully saturated rings. The molecule has 0 saturated carbocycles. The van der Waals surface area contributed by atoms with E-state index in [1.54, 1.807) is 26.4 Å². The van der Waals surface area contributed by atoms with Crippen molar-refractivity contribution in [2.75, 3.05) is 25.5 Å². The number of rotatable bonds is 6. The van der Waals surface area contributed by atoms with E-state index in [9.17, 15) is 9.59 Å². The third kappa shape index (κ3) is 4.79. The normalized spacial score (nSPS) is 17.2. The fourth-order valence-electron chi connectivity index (χ4n) is 4.90. The number of anilines is 2. The number of hydrogen-bond acceptors (Lipinski definition) is 7. The Balaban J connectivity index is 1.43. The number of pyridine rings is 2. The van der Waals surface area contributed by atoms with E-state index in [4.69, 9.17) is 9.72 Å². The molecule has 184 valence electrons. The van der Waals surface area contributed by atoms with Crippen molar-refractivity contribution in [3.8, 4) is 17.1 Å². The number of hydrogen-bond donors (Lipinski definition) is 2. The van der Waals surface area contributed by atoms with Crippen molar-refractivity contribution < 1.29 is 14.3 Å². The zero-order chi connectivity index (χ0) is 25.1. The Morgan fingerprint density at radius 3 is 2.64 bits per heavy atom. The van der Waals surface area contributed by atoms with E-state index in [1.807, 2.05) is 41.3 Å². The van der Waals surface area contributed by atoms with Gasteiger partial charge in [-0.2, -0.15) is 0 Å². The standard InChI is InChI=1S/C28H29N5O3/c1-18(35)33-13-9-20(10-14-33)19-3-5-23(6-4-19)31-28-27-22(8-11-29-25(27)17-34)15-24(32-28)21-7-12-30-26(16-21)36-2/h3-8,11-12,15-17,20,25,29H,9-10,13-14H2,1-2H3,(H,31,32). The van der Waals surface area contributed by atoms with Crippen molar-refractivity contribution in [3.63, 3.8) is 0 Å². The number of aldehydes is 1. The van der Waals surface area contributed by atoms with Gasteiger partial charge in [0, 0.05) is 49.1 Å². The first kappa shape index (κ1) is 23.5. The first-order valence-electron chi connectivity index (χ1n) is 12.1. The molecule has 4 heterocycles. The van der Waals surface area contributed by atoms with Crippen LogP contribution in [0.25, 0.3) is 17.3 Å². The minimum atomic E-state index is -0.494. The molecule has 0 spiro atoms. The number of piperidine rings is 1. The molecule has 2 N–H and O–H groups in total. The number of fused-ring (bicyclic) bond motifs is 1. The molecule has 3 aromatic rings. The van der Waals surface area contributed by atoms with E-state index in [0.717, 1.165) is 60.3 Å². The number of carbonyl (C=O) groups excluding carboxylic acids is 2. The van der Waals surface area contributed by atoms with Gasteiger partial charge in [-0.05, 0) is 66.4 Å². The van der Waals surface area contributed by atoms with E-state index in [2.05, 4.69) is 27.8 Å². The SMILES string of the molecule is COc1cc(-c2cc3c(c(Nc4ccc(C5CCN(C(C)=O)CC5)cc4)n2)C(C=O)NC=C3)ccn1. The third-order valence-corrected chi connectivity index (χ3v) is 6.90. The largest absolute Gasteiger partial charge is 0.481 e. The van der Waals surface area contributed by atoms with Crippen LogP contribution < -0.4 is 15.4 Å². The molecular formula is C28H29N5O3. The summed E-state index contributed by atoms with van der Waals surface area (Å²) in [7, 11) is 1.58. The van der Waals surface area contributed by atoms with Gasteiger partial charge < -0.3 is 25.1 Å². The van der Waals surface area contributed by atoms with Gasteiger partial charge in [0.15, 0.2) is 0 Å². The molecule has 1 saturated heterocycles. The summed E-state index contributed by atoms with van der Waals surface area (Å²) < 4.78 is 5.28. The van der Waals surface area contributed by atoms with Crippen LogP contribution in [0.3, 0.4) is 0 Å². The lowest BCUT2D eigenvalue weighted by atomic mass is 9.89. The van der Waals surface area contributed by atoms with E-state index in [-0.39, 0.29) is 5.91 Å². The van der Waals surface area contributed by atoms with Crippen molar-refractivity contribution in [3.05, 3.63) is 71.6 Å². The lowest BCUT2D eigenvalue weighted by molar-refractivity contribution is -0.129. The van der Waals surface area contributed by atoms with Crippen molar-refractivity contribution in [1.82, 2.24) is 20.2 Å². The topological polar surface area (TPSA) is 96.5 Å². The maximum atomic E-state index is 11.8. The van der Waals surface area contributed by atoms with Crippen LogP contribution in [0.4, 0.5) is 11.5 Å². The average Bonchev–Trinajstić information content (AvgIpc) is 2.93. The molecule has 1 aromatic carbocycles. The summed E-state index contributed by atoms with van der Waals surface area (Å²) in [4.78, 5) is 34.5. The number of benzene rings is 1. The lowest BCUT2D eigenvalue weighted by Gasteiger charge is -2.31. The number of amides is 1. The van der Waals surface area contributed by atoms with E-state index in [0.29, 0.717) is 17.6 Å². The minimum absolute atomic E-state index is 0.147. The number of carbonyl (C=O) groups is 2. The maximum Gasteiger partial charge on any atom is 0.219 e. The molecule has 5 rings (SSSR count). The zero-order valence-corrected chi connectivity index (χ0v) is 20.4. The van der Waals surface area contributed by atoms with Gasteiger partial charge in [-0.15, -0.1) is 0 Å². The molecule has 2 aromatic heterocycles. The molecule has 2 aliphatic heterocycles. The quantitative estimate of drug-likeness (QED) is 0.501. The van der Waals surface area contributed by atoms with Crippen LogP contribution in [0.1, 0.15) is 48.4 Å². The number of nitrogens with one attached hydrogen (secondary N) is 2. The number of likely N-dealkylation sites (tertiary alicyclic amines) is 1. The summed E-state index contributed by atoms with van der Waals surface area (Å²) in [5.41, 5.74) is 5.50. The Kier molecular flexibility index (Phi) is 6.66. The fraction of sp³-hybridized carbons (Fsp3) is 0.286. The van der Waals surface area contributed by atoms with Crippen LogP contribution >= 0.6 is 0 Å². The summed E-state index contributed by atoms with van der Waals surface area (Å²) in [6, 6.07) is 13.6. The lowest BCUT2D eigenvalue weighted by Crippen LogP contribution is -2.36. The molecule has 1 atom stereocenters. The van der Waals surface area contributed by atoms with Gasteiger partial charge in [-0.3, -0.25) is 4.79 Å². The smallest absolute Gasteiger partial charge is 0.219 e. The third-order valence-electron chi connectivity index (χ3n) is 6.90. The first-order chi connectivity index (χ1) is 17.6. The van der Waals surface area contributed by atoms with Crippen molar-refractivity contribution in [2.45, 2.75) is 31.7 Å². The fourth-order valence-corrected chi connectivity index (χ4v) is 4.90. The highest BCUT2D eigenvalue weighted by Crippen LogP contribution is 2.35. The molecule has 2 aliphatic rings. The highest BCUT2D eigenvalue weighted by Gasteiger charge is 2.24. The van der Waals surface area contributed by atoms with Crippen molar-refractivity contribution >= 4 is 29.8 Å². The number of nitrogens with zero attached hydrogens (tertiary/aromatic N) is 3. The average molecular weight is 484 g/mol. The Labute approximate surface area is 210 Å². The van der Waals surface area contributed by atoms with E-state index >= 15 is 0 Å². The van der Waals surface area contributed by atoms with Gasteiger partial charge in [0.05, 0.1) is 12.8 Å². The summed E-state index contributed by atoms with van der Waals surface area (Å²) >= 11 is 0. The highest BCUT2D eigenvalue weighted by atomic mass is 16.5. The highest BCUT2D eigenvalue weighted by molar-refractivity contribution is 5.80. The first-order valence-corrected chi connectivity index (χ1v) is 12.1. The van der Waals surface area contributed by atoms with Crippen LogP contribution in [0, 0.1) is 0 Å². The van der Waals surface area contributed by atoms with E-state index < -0.39 is 6.04 Å². The summed E-state index contributed by atoms with van der Waals surface area (Å²) in [5, 5.41) is 6.55. The van der Waals surface area contributed by atoms with Crippen LogP contribution in [0.2, 0.25) is 0 Å². The molecule has 1 amide bonds. The predicted molar refractivity (Wildman–Crippen MR) is 139 cm³/mol. The molecule has 0 bridgehead atoms. The molecule has 0 aliphatic carbocycles. The van der Waals surface area contributed by atoms with Gasteiger partial charge in [0.2, 0.25) is 11.8 Å². The Morgan fingerprint density at radius 1 is 1.17 bits per heavy atom. The second-order valence-electron chi connectivity index (χ2n) is 9.09. The molecule has 0 radical (unpaired) electrons.